The normalized spacial score (nSPS) is 17.9. The lowest BCUT2D eigenvalue weighted by atomic mass is 9.96. The van der Waals surface area contributed by atoms with Gasteiger partial charge in [0.1, 0.15) is 0 Å². The number of rotatable bonds is 4. The number of carbonyl (C=O) groups excluding carboxylic acids is 2. The molecule has 1 rings (SSSR count). The predicted molar refractivity (Wildman–Crippen MR) is 103 cm³/mol. The minimum atomic E-state index is -0.251. The highest BCUT2D eigenvalue weighted by Crippen LogP contribution is 2.24. The fourth-order valence-electron chi connectivity index (χ4n) is 3.06. The standard InChI is InChI=1S/C15H29N5O2.HI/c1-11(2)20-13(22)9-19(10-15(20,4)5)14(16-6)18-8-7-17-12(3)21;/h11H,7-10H2,1-6H3,(H,16,18)(H,17,21);1H. The van der Waals surface area contributed by atoms with E-state index in [1.807, 2.05) is 23.6 Å². The molecule has 134 valence electrons. The Morgan fingerprint density at radius 1 is 1.30 bits per heavy atom. The van der Waals surface area contributed by atoms with Gasteiger partial charge >= 0.3 is 0 Å². The number of nitrogens with one attached hydrogen (secondary N) is 2. The lowest BCUT2D eigenvalue weighted by Gasteiger charge is -2.49. The largest absolute Gasteiger partial charge is 0.355 e. The van der Waals surface area contributed by atoms with Gasteiger partial charge in [0.25, 0.3) is 0 Å². The highest BCUT2D eigenvalue weighted by molar-refractivity contribution is 14.0. The number of piperazine rings is 1. The van der Waals surface area contributed by atoms with Crippen LogP contribution in [0.5, 0.6) is 0 Å². The summed E-state index contributed by atoms with van der Waals surface area (Å²) >= 11 is 0. The molecule has 0 saturated carbocycles. The van der Waals surface area contributed by atoms with Crippen LogP contribution >= 0.6 is 24.0 Å². The first-order valence-electron chi connectivity index (χ1n) is 7.71. The number of carbonyl (C=O) groups is 2. The van der Waals surface area contributed by atoms with E-state index < -0.39 is 0 Å². The Morgan fingerprint density at radius 2 is 1.87 bits per heavy atom. The van der Waals surface area contributed by atoms with Crippen molar-refractivity contribution in [3.8, 4) is 0 Å². The fourth-order valence-corrected chi connectivity index (χ4v) is 3.06. The van der Waals surface area contributed by atoms with Gasteiger partial charge in [0.15, 0.2) is 5.96 Å². The Balaban J connectivity index is 0.00000484. The molecule has 7 nitrogen and oxygen atoms in total. The van der Waals surface area contributed by atoms with Gasteiger partial charge < -0.3 is 20.4 Å². The van der Waals surface area contributed by atoms with Crippen molar-refractivity contribution in [2.45, 2.75) is 46.2 Å². The number of hydrogen-bond acceptors (Lipinski definition) is 3. The van der Waals surface area contributed by atoms with Gasteiger partial charge in [-0.3, -0.25) is 14.6 Å². The van der Waals surface area contributed by atoms with Gasteiger partial charge in [0, 0.05) is 39.6 Å². The predicted octanol–water partition coefficient (Wildman–Crippen LogP) is 0.647. The van der Waals surface area contributed by atoms with Crippen LogP contribution in [-0.4, -0.2) is 72.4 Å². The second kappa shape index (κ2) is 9.29. The molecule has 0 aromatic heterocycles. The van der Waals surface area contributed by atoms with E-state index >= 15 is 0 Å². The lowest BCUT2D eigenvalue weighted by molar-refractivity contribution is -0.145. The van der Waals surface area contributed by atoms with Gasteiger partial charge in [-0.25, -0.2) is 0 Å². The van der Waals surface area contributed by atoms with E-state index in [4.69, 9.17) is 0 Å². The van der Waals surface area contributed by atoms with Gasteiger partial charge in [0.05, 0.1) is 12.1 Å². The summed E-state index contributed by atoms with van der Waals surface area (Å²) in [5.74, 6) is 0.741. The molecule has 1 aliphatic rings. The molecule has 0 aromatic rings. The molecule has 2 N–H and O–H groups in total. The zero-order valence-electron chi connectivity index (χ0n) is 15.0. The van der Waals surface area contributed by atoms with E-state index in [9.17, 15) is 9.59 Å². The van der Waals surface area contributed by atoms with E-state index in [-0.39, 0.29) is 47.4 Å². The van der Waals surface area contributed by atoms with E-state index in [2.05, 4.69) is 29.5 Å². The number of aliphatic imine (C=N–C) groups is 1. The number of guanidine groups is 1. The van der Waals surface area contributed by atoms with Gasteiger partial charge in [-0.15, -0.1) is 24.0 Å². The zero-order chi connectivity index (χ0) is 16.9. The highest BCUT2D eigenvalue weighted by atomic mass is 127. The molecule has 1 heterocycles. The van der Waals surface area contributed by atoms with Crippen LogP contribution in [0, 0.1) is 0 Å². The Bertz CT molecular complexity index is 451. The zero-order valence-corrected chi connectivity index (χ0v) is 17.3. The van der Waals surface area contributed by atoms with Crippen molar-refractivity contribution < 1.29 is 9.59 Å². The summed E-state index contributed by atoms with van der Waals surface area (Å²) in [6, 6.07) is 0.180. The first-order valence-corrected chi connectivity index (χ1v) is 7.71. The van der Waals surface area contributed by atoms with E-state index in [0.29, 0.717) is 25.6 Å². The summed E-state index contributed by atoms with van der Waals surface area (Å²) in [5.41, 5.74) is -0.251. The van der Waals surface area contributed by atoms with E-state index in [1.165, 1.54) is 6.92 Å². The smallest absolute Gasteiger partial charge is 0.242 e. The molecule has 1 saturated heterocycles. The van der Waals surface area contributed by atoms with Crippen LogP contribution in [0.25, 0.3) is 0 Å². The summed E-state index contributed by atoms with van der Waals surface area (Å²) in [7, 11) is 1.70. The van der Waals surface area contributed by atoms with Crippen molar-refractivity contribution in [2.75, 3.05) is 33.2 Å². The lowest BCUT2D eigenvalue weighted by Crippen LogP contribution is -2.66. The van der Waals surface area contributed by atoms with Gasteiger partial charge in [-0.1, -0.05) is 0 Å². The average Bonchev–Trinajstić information content (AvgIpc) is 2.35. The minimum Gasteiger partial charge on any atom is -0.355 e. The summed E-state index contributed by atoms with van der Waals surface area (Å²) in [6.07, 6.45) is 0. The quantitative estimate of drug-likeness (QED) is 0.292. The molecule has 2 amide bonds. The molecule has 0 bridgehead atoms. The summed E-state index contributed by atoms with van der Waals surface area (Å²) in [5, 5.41) is 5.91. The molecule has 0 radical (unpaired) electrons. The van der Waals surface area contributed by atoms with E-state index in [0.717, 1.165) is 6.54 Å². The number of nitrogens with zero attached hydrogens (tertiary/aromatic N) is 3. The fraction of sp³-hybridized carbons (Fsp3) is 0.800. The molecule has 1 aliphatic heterocycles. The highest BCUT2D eigenvalue weighted by Gasteiger charge is 2.40. The van der Waals surface area contributed by atoms with Crippen molar-refractivity contribution in [2.24, 2.45) is 4.99 Å². The molecule has 8 heteroatoms. The summed E-state index contributed by atoms with van der Waals surface area (Å²) < 4.78 is 0. The Labute approximate surface area is 156 Å². The maximum absolute atomic E-state index is 12.4. The SMILES string of the molecule is CN=C(NCCNC(C)=O)N1CC(=O)N(C(C)C)C(C)(C)C1.I. The number of hydrogen-bond donors (Lipinski definition) is 2. The van der Waals surface area contributed by atoms with Crippen molar-refractivity contribution in [3.05, 3.63) is 0 Å². The van der Waals surface area contributed by atoms with Crippen LogP contribution in [0.4, 0.5) is 0 Å². The molecule has 0 atom stereocenters. The first kappa shape index (κ1) is 21.9. The summed E-state index contributed by atoms with van der Waals surface area (Å²) in [4.78, 5) is 31.5. The third-order valence-electron chi connectivity index (χ3n) is 3.63. The van der Waals surface area contributed by atoms with Crippen LogP contribution < -0.4 is 10.6 Å². The van der Waals surface area contributed by atoms with E-state index in [1.54, 1.807) is 7.05 Å². The molecular formula is C15H30IN5O2. The van der Waals surface area contributed by atoms with Gasteiger partial charge in [-0.2, -0.15) is 0 Å². The molecule has 0 aromatic carbocycles. The molecular weight excluding hydrogens is 409 g/mol. The third-order valence-corrected chi connectivity index (χ3v) is 3.63. The molecule has 23 heavy (non-hydrogen) atoms. The molecule has 0 unspecified atom stereocenters. The molecule has 1 fully saturated rings. The van der Waals surface area contributed by atoms with Crippen molar-refractivity contribution in [3.63, 3.8) is 0 Å². The van der Waals surface area contributed by atoms with Crippen molar-refractivity contribution >= 4 is 41.8 Å². The van der Waals surface area contributed by atoms with Crippen LogP contribution in [0.3, 0.4) is 0 Å². The van der Waals surface area contributed by atoms with Crippen molar-refractivity contribution in [1.29, 1.82) is 0 Å². The maximum atomic E-state index is 12.4. The Hall–Kier alpha value is -1.06. The van der Waals surface area contributed by atoms with Gasteiger partial charge in [-0.05, 0) is 27.7 Å². The first-order chi connectivity index (χ1) is 10.2. The van der Waals surface area contributed by atoms with Crippen LogP contribution in [0.2, 0.25) is 0 Å². The second-order valence-electron chi connectivity index (χ2n) is 6.48. The Kier molecular flexibility index (Phi) is 8.86. The Morgan fingerprint density at radius 3 is 2.30 bits per heavy atom. The average molecular weight is 439 g/mol. The molecule has 0 aliphatic carbocycles. The number of halogens is 1. The topological polar surface area (TPSA) is 77.0 Å². The minimum absolute atomic E-state index is 0. The monoisotopic (exact) mass is 439 g/mol. The third kappa shape index (κ3) is 6.15. The van der Waals surface area contributed by atoms with Crippen LogP contribution in [0.1, 0.15) is 34.6 Å². The number of amides is 2. The second-order valence-corrected chi connectivity index (χ2v) is 6.48. The summed E-state index contributed by atoms with van der Waals surface area (Å²) in [6.45, 7) is 11.8. The van der Waals surface area contributed by atoms with Crippen LogP contribution in [0.15, 0.2) is 4.99 Å². The van der Waals surface area contributed by atoms with Crippen molar-refractivity contribution in [1.82, 2.24) is 20.4 Å². The van der Waals surface area contributed by atoms with Crippen LogP contribution in [-0.2, 0) is 9.59 Å². The maximum Gasteiger partial charge on any atom is 0.242 e. The van der Waals surface area contributed by atoms with Gasteiger partial charge in [0.2, 0.25) is 11.8 Å². The molecule has 0 spiro atoms.